The fourth-order valence-corrected chi connectivity index (χ4v) is 2.31. The molecule has 100 valence electrons. The van der Waals surface area contributed by atoms with E-state index in [0.29, 0.717) is 6.04 Å². The molecule has 1 atom stereocenters. The van der Waals surface area contributed by atoms with Crippen LogP contribution in [0.25, 0.3) is 0 Å². The van der Waals surface area contributed by atoms with Crippen LogP contribution < -0.4 is 10.6 Å². The Bertz CT molecular complexity index is 210. The van der Waals surface area contributed by atoms with Crippen molar-refractivity contribution in [3.8, 4) is 0 Å². The third-order valence-corrected chi connectivity index (χ3v) is 3.77. The molecule has 1 rings (SSSR count). The molecule has 0 heterocycles. The van der Waals surface area contributed by atoms with Crippen LogP contribution in [0, 0.1) is 5.92 Å². The van der Waals surface area contributed by atoms with E-state index in [9.17, 15) is 4.79 Å². The van der Waals surface area contributed by atoms with Crippen LogP contribution in [0.5, 0.6) is 0 Å². The molecule has 0 aromatic heterocycles. The molecule has 0 bridgehead atoms. The molecule has 0 aromatic rings. The molecule has 2 N–H and O–H groups in total. The average molecular weight is 240 g/mol. The van der Waals surface area contributed by atoms with E-state index in [-0.39, 0.29) is 11.8 Å². The molecule has 0 aliphatic heterocycles. The lowest BCUT2D eigenvalue weighted by Gasteiger charge is -2.17. The average Bonchev–Trinajstić information content (AvgIpc) is 2.61. The van der Waals surface area contributed by atoms with Crippen LogP contribution in [0.15, 0.2) is 0 Å². The lowest BCUT2D eigenvalue weighted by Crippen LogP contribution is -2.38. The van der Waals surface area contributed by atoms with E-state index in [0.717, 1.165) is 19.5 Å². The SMILES string of the molecule is CC[C@H](C)C(=O)NCCNC1CCCCCC1. The third-order valence-electron chi connectivity index (χ3n) is 3.77. The van der Waals surface area contributed by atoms with Crippen molar-refractivity contribution in [2.45, 2.75) is 64.8 Å². The molecule has 0 spiro atoms. The van der Waals surface area contributed by atoms with E-state index in [1.165, 1.54) is 38.5 Å². The monoisotopic (exact) mass is 240 g/mol. The number of hydrogen-bond acceptors (Lipinski definition) is 2. The van der Waals surface area contributed by atoms with Crippen LogP contribution in [0.2, 0.25) is 0 Å². The third kappa shape index (κ3) is 6.06. The first-order valence-electron chi connectivity index (χ1n) is 7.25. The molecule has 0 radical (unpaired) electrons. The Morgan fingerprint density at radius 2 is 1.82 bits per heavy atom. The lowest BCUT2D eigenvalue weighted by atomic mass is 10.1. The fraction of sp³-hybridized carbons (Fsp3) is 0.929. The minimum Gasteiger partial charge on any atom is -0.355 e. The van der Waals surface area contributed by atoms with E-state index in [4.69, 9.17) is 0 Å². The number of carbonyl (C=O) groups is 1. The van der Waals surface area contributed by atoms with Gasteiger partial charge in [0.05, 0.1) is 0 Å². The van der Waals surface area contributed by atoms with Gasteiger partial charge in [-0.3, -0.25) is 4.79 Å². The molecular formula is C14H28N2O. The summed E-state index contributed by atoms with van der Waals surface area (Å²) in [5.41, 5.74) is 0. The van der Waals surface area contributed by atoms with E-state index < -0.39 is 0 Å². The van der Waals surface area contributed by atoms with Crippen molar-refractivity contribution in [3.63, 3.8) is 0 Å². The van der Waals surface area contributed by atoms with Crippen molar-refractivity contribution < 1.29 is 4.79 Å². The topological polar surface area (TPSA) is 41.1 Å². The zero-order valence-electron chi connectivity index (χ0n) is 11.4. The Kier molecular flexibility index (Phi) is 7.25. The van der Waals surface area contributed by atoms with Crippen molar-refractivity contribution in [2.24, 2.45) is 5.92 Å². The molecule has 1 amide bonds. The minimum atomic E-state index is 0.146. The first kappa shape index (κ1) is 14.5. The molecule has 3 nitrogen and oxygen atoms in total. The fourth-order valence-electron chi connectivity index (χ4n) is 2.31. The van der Waals surface area contributed by atoms with Gasteiger partial charge in [0, 0.05) is 25.0 Å². The highest BCUT2D eigenvalue weighted by molar-refractivity contribution is 5.78. The van der Waals surface area contributed by atoms with Crippen molar-refractivity contribution in [1.82, 2.24) is 10.6 Å². The van der Waals surface area contributed by atoms with Gasteiger partial charge in [-0.05, 0) is 19.3 Å². The lowest BCUT2D eigenvalue weighted by molar-refractivity contribution is -0.124. The van der Waals surface area contributed by atoms with Gasteiger partial charge < -0.3 is 10.6 Å². The maximum Gasteiger partial charge on any atom is 0.222 e. The van der Waals surface area contributed by atoms with Gasteiger partial charge in [-0.15, -0.1) is 0 Å². The quantitative estimate of drug-likeness (QED) is 0.553. The van der Waals surface area contributed by atoms with Crippen LogP contribution >= 0.6 is 0 Å². The van der Waals surface area contributed by atoms with Gasteiger partial charge in [0.15, 0.2) is 0 Å². The number of nitrogens with one attached hydrogen (secondary N) is 2. The Morgan fingerprint density at radius 3 is 2.41 bits per heavy atom. The van der Waals surface area contributed by atoms with E-state index >= 15 is 0 Å². The van der Waals surface area contributed by atoms with Crippen molar-refractivity contribution in [2.75, 3.05) is 13.1 Å². The van der Waals surface area contributed by atoms with Crippen LogP contribution in [0.1, 0.15) is 58.8 Å². The normalized spacial score (nSPS) is 19.6. The molecule has 0 saturated heterocycles. The van der Waals surface area contributed by atoms with Gasteiger partial charge in [0.2, 0.25) is 5.91 Å². The zero-order valence-corrected chi connectivity index (χ0v) is 11.4. The number of rotatable bonds is 6. The number of carbonyl (C=O) groups excluding carboxylic acids is 1. The summed E-state index contributed by atoms with van der Waals surface area (Å²) in [5, 5.41) is 6.55. The van der Waals surface area contributed by atoms with Crippen LogP contribution in [-0.4, -0.2) is 25.0 Å². The van der Waals surface area contributed by atoms with E-state index in [1.807, 2.05) is 13.8 Å². The second-order valence-electron chi connectivity index (χ2n) is 5.24. The molecule has 1 aliphatic rings. The first-order valence-corrected chi connectivity index (χ1v) is 7.25. The van der Waals surface area contributed by atoms with Gasteiger partial charge in [-0.25, -0.2) is 0 Å². The standard InChI is InChI=1S/C14H28N2O/c1-3-12(2)14(17)16-11-10-15-13-8-6-4-5-7-9-13/h12-13,15H,3-11H2,1-2H3,(H,16,17)/t12-/m0/s1. The van der Waals surface area contributed by atoms with Gasteiger partial charge in [-0.2, -0.15) is 0 Å². The summed E-state index contributed by atoms with van der Waals surface area (Å²) in [6, 6.07) is 0.679. The number of hydrogen-bond donors (Lipinski definition) is 2. The largest absolute Gasteiger partial charge is 0.355 e. The molecule has 1 fully saturated rings. The Morgan fingerprint density at radius 1 is 1.18 bits per heavy atom. The highest BCUT2D eigenvalue weighted by Gasteiger charge is 2.12. The van der Waals surface area contributed by atoms with Gasteiger partial charge in [0.25, 0.3) is 0 Å². The van der Waals surface area contributed by atoms with Crippen molar-refractivity contribution in [3.05, 3.63) is 0 Å². The van der Waals surface area contributed by atoms with Crippen LogP contribution in [0.3, 0.4) is 0 Å². The highest BCUT2D eigenvalue weighted by atomic mass is 16.1. The van der Waals surface area contributed by atoms with Gasteiger partial charge >= 0.3 is 0 Å². The summed E-state index contributed by atoms with van der Waals surface area (Å²) in [6.45, 7) is 5.70. The van der Waals surface area contributed by atoms with E-state index in [2.05, 4.69) is 10.6 Å². The molecule has 0 aromatic carbocycles. The first-order chi connectivity index (χ1) is 8.24. The van der Waals surface area contributed by atoms with Crippen molar-refractivity contribution in [1.29, 1.82) is 0 Å². The number of amides is 1. The van der Waals surface area contributed by atoms with Gasteiger partial charge in [-0.1, -0.05) is 39.5 Å². The zero-order chi connectivity index (χ0) is 12.5. The van der Waals surface area contributed by atoms with Gasteiger partial charge in [0.1, 0.15) is 0 Å². The van der Waals surface area contributed by atoms with Crippen LogP contribution in [0.4, 0.5) is 0 Å². The minimum absolute atomic E-state index is 0.146. The Balaban J connectivity index is 2.04. The molecule has 17 heavy (non-hydrogen) atoms. The predicted octanol–water partition coefficient (Wildman–Crippen LogP) is 2.46. The Hall–Kier alpha value is -0.570. The van der Waals surface area contributed by atoms with Crippen molar-refractivity contribution >= 4 is 5.91 Å². The maximum absolute atomic E-state index is 11.5. The summed E-state index contributed by atoms with van der Waals surface area (Å²) in [6.07, 6.45) is 9.03. The summed E-state index contributed by atoms with van der Waals surface area (Å²) in [5.74, 6) is 0.336. The molecular weight excluding hydrogens is 212 g/mol. The summed E-state index contributed by atoms with van der Waals surface area (Å²) >= 11 is 0. The second-order valence-corrected chi connectivity index (χ2v) is 5.24. The van der Waals surface area contributed by atoms with E-state index in [1.54, 1.807) is 0 Å². The highest BCUT2D eigenvalue weighted by Crippen LogP contribution is 2.16. The molecule has 3 heteroatoms. The molecule has 1 aliphatic carbocycles. The van der Waals surface area contributed by atoms with Crippen LogP contribution in [-0.2, 0) is 4.79 Å². The second kappa shape index (κ2) is 8.51. The predicted molar refractivity (Wildman–Crippen MR) is 72.0 cm³/mol. The Labute approximate surface area is 106 Å². The summed E-state index contributed by atoms with van der Waals surface area (Å²) in [7, 11) is 0. The molecule has 1 saturated carbocycles. The maximum atomic E-state index is 11.5. The smallest absolute Gasteiger partial charge is 0.222 e. The molecule has 0 unspecified atom stereocenters. The summed E-state index contributed by atoms with van der Waals surface area (Å²) < 4.78 is 0. The summed E-state index contributed by atoms with van der Waals surface area (Å²) in [4.78, 5) is 11.5.